The van der Waals surface area contributed by atoms with E-state index in [2.05, 4.69) is 10.6 Å². The van der Waals surface area contributed by atoms with E-state index >= 15 is 0 Å². The third kappa shape index (κ3) is 9.81. The monoisotopic (exact) mass is 668 g/mol. The van der Waals surface area contributed by atoms with E-state index in [4.69, 9.17) is 30.5 Å². The molecule has 10 nitrogen and oxygen atoms in total. The number of ether oxygens (including phenoxy) is 4. The van der Waals surface area contributed by atoms with Crippen molar-refractivity contribution in [2.24, 2.45) is 17.3 Å². The third-order valence-electron chi connectivity index (χ3n) is 8.41. The largest absolute Gasteiger partial charge is 0.495 e. The molecule has 2 aromatic rings. The highest BCUT2D eigenvalue weighted by atomic mass is 35.5. The van der Waals surface area contributed by atoms with Crippen LogP contribution in [0.25, 0.3) is 0 Å². The topological polar surface area (TPSA) is 133 Å². The molecule has 0 aromatic heterocycles. The van der Waals surface area contributed by atoms with Crippen LogP contribution in [0.5, 0.6) is 5.75 Å². The molecule has 2 aliphatic heterocycles. The molecule has 1 saturated heterocycles. The number of hydrogen-bond donors (Lipinski definition) is 2. The standard InChI is InChI=1S/C36H45ClN2O8/c1-21(2)17-29-34(42)45-27(22(3)31-32(47-31)24-11-8-7-9-12-24)13-10-14-30(40)39-26(19-23-15-16-28(44-6)25(37)18-23)33(41)38-20-36(4,5)35(43)46-29/h7-12,14-16,18,21-22,26-27,29,31-32H,13,17,19-20H2,1-6H3,(H,38,41)(H,39,40)/b14-10+/t22-,26?,27?,29-,31-,32-/m0/s1. The van der Waals surface area contributed by atoms with Gasteiger partial charge in [0.1, 0.15) is 24.0 Å². The lowest BCUT2D eigenvalue weighted by Gasteiger charge is -2.29. The Hall–Kier alpha value is -3.89. The summed E-state index contributed by atoms with van der Waals surface area (Å²) in [6, 6.07) is 13.9. The van der Waals surface area contributed by atoms with Crippen molar-refractivity contribution in [3.8, 4) is 5.75 Å². The second kappa shape index (κ2) is 15.8. The summed E-state index contributed by atoms with van der Waals surface area (Å²) in [4.78, 5) is 53.6. The Kier molecular flexibility index (Phi) is 12.1. The minimum Gasteiger partial charge on any atom is -0.495 e. The lowest BCUT2D eigenvalue weighted by Crippen LogP contribution is -2.51. The Morgan fingerprint density at radius 2 is 1.74 bits per heavy atom. The zero-order chi connectivity index (χ0) is 34.3. The van der Waals surface area contributed by atoms with E-state index in [1.807, 2.05) is 51.1 Å². The van der Waals surface area contributed by atoms with Crippen molar-refractivity contribution in [2.45, 2.75) is 84.3 Å². The fourth-order valence-corrected chi connectivity index (χ4v) is 5.75. The van der Waals surface area contributed by atoms with E-state index < -0.39 is 47.4 Å². The van der Waals surface area contributed by atoms with E-state index in [-0.39, 0.29) is 49.9 Å². The number of esters is 2. The molecule has 4 rings (SSSR count). The van der Waals surface area contributed by atoms with Crippen LogP contribution < -0.4 is 15.4 Å². The van der Waals surface area contributed by atoms with Gasteiger partial charge in [0, 0.05) is 25.3 Å². The van der Waals surface area contributed by atoms with Crippen LogP contribution in [0.4, 0.5) is 0 Å². The Balaban J connectivity index is 1.61. The van der Waals surface area contributed by atoms with Crippen molar-refractivity contribution in [2.75, 3.05) is 13.7 Å². The molecule has 0 aliphatic carbocycles. The van der Waals surface area contributed by atoms with E-state index in [9.17, 15) is 19.2 Å². The number of carbonyl (C=O) groups excluding carboxylic acids is 4. The summed E-state index contributed by atoms with van der Waals surface area (Å²) in [6.45, 7) is 8.92. The first-order valence-electron chi connectivity index (χ1n) is 16.0. The van der Waals surface area contributed by atoms with E-state index in [1.165, 1.54) is 13.2 Å². The fraction of sp³-hybridized carbons (Fsp3) is 0.500. The van der Waals surface area contributed by atoms with Gasteiger partial charge in [-0.05, 0) is 55.5 Å². The normalized spacial score (nSPS) is 26.8. The number of cyclic esters (lactones) is 2. The second-order valence-electron chi connectivity index (χ2n) is 13.3. The van der Waals surface area contributed by atoms with Crippen molar-refractivity contribution >= 4 is 35.4 Å². The molecule has 6 atom stereocenters. The van der Waals surface area contributed by atoms with Gasteiger partial charge in [0.2, 0.25) is 11.8 Å². The number of benzene rings is 2. The molecule has 2 unspecified atom stereocenters. The molecule has 2 aromatic carbocycles. The predicted molar refractivity (Wildman–Crippen MR) is 177 cm³/mol. The first kappa shape index (κ1) is 36.0. The zero-order valence-corrected chi connectivity index (χ0v) is 28.5. The Morgan fingerprint density at radius 1 is 1.02 bits per heavy atom. The van der Waals surface area contributed by atoms with Gasteiger partial charge in [-0.1, -0.05) is 74.8 Å². The van der Waals surface area contributed by atoms with Crippen LogP contribution >= 0.6 is 11.6 Å². The number of hydrogen-bond acceptors (Lipinski definition) is 8. The molecule has 2 N–H and O–H groups in total. The van der Waals surface area contributed by atoms with Gasteiger partial charge < -0.3 is 29.6 Å². The molecule has 0 radical (unpaired) electrons. The van der Waals surface area contributed by atoms with E-state index in [0.717, 1.165) is 5.56 Å². The van der Waals surface area contributed by atoms with Crippen LogP contribution in [0.1, 0.15) is 64.7 Å². The van der Waals surface area contributed by atoms with Crippen LogP contribution in [-0.2, 0) is 39.8 Å². The van der Waals surface area contributed by atoms with Gasteiger partial charge in [0.05, 0.1) is 23.7 Å². The average molecular weight is 669 g/mol. The number of methoxy groups -OCH3 is 1. The maximum Gasteiger partial charge on any atom is 0.347 e. The van der Waals surface area contributed by atoms with Crippen LogP contribution in [0.3, 0.4) is 0 Å². The molecular weight excluding hydrogens is 624 g/mol. The summed E-state index contributed by atoms with van der Waals surface area (Å²) in [7, 11) is 1.51. The molecular formula is C36H45ClN2O8. The molecule has 254 valence electrons. The summed E-state index contributed by atoms with van der Waals surface area (Å²) in [5.41, 5.74) is 0.524. The van der Waals surface area contributed by atoms with Crippen LogP contribution in [-0.4, -0.2) is 61.8 Å². The summed E-state index contributed by atoms with van der Waals surface area (Å²) in [5.74, 6) is -2.06. The molecule has 11 heteroatoms. The highest BCUT2D eigenvalue weighted by Crippen LogP contribution is 2.45. The molecule has 2 heterocycles. The number of halogens is 1. The number of rotatable bonds is 8. The Bertz CT molecular complexity index is 1460. The molecule has 0 bridgehead atoms. The van der Waals surface area contributed by atoms with Gasteiger partial charge in [-0.15, -0.1) is 0 Å². The van der Waals surface area contributed by atoms with Crippen molar-refractivity contribution in [1.29, 1.82) is 0 Å². The van der Waals surface area contributed by atoms with Gasteiger partial charge in [-0.3, -0.25) is 14.4 Å². The highest BCUT2D eigenvalue weighted by molar-refractivity contribution is 6.32. The number of amides is 2. The van der Waals surface area contributed by atoms with Gasteiger partial charge in [-0.25, -0.2) is 4.79 Å². The smallest absolute Gasteiger partial charge is 0.347 e. The summed E-state index contributed by atoms with van der Waals surface area (Å²) in [6.07, 6.45) is 1.34. The van der Waals surface area contributed by atoms with Crippen molar-refractivity contribution in [3.05, 3.63) is 76.8 Å². The number of epoxide rings is 1. The first-order chi connectivity index (χ1) is 22.3. The second-order valence-corrected chi connectivity index (χ2v) is 13.7. The van der Waals surface area contributed by atoms with Gasteiger partial charge in [0.15, 0.2) is 6.10 Å². The van der Waals surface area contributed by atoms with Gasteiger partial charge in [-0.2, -0.15) is 0 Å². The van der Waals surface area contributed by atoms with Crippen molar-refractivity contribution in [3.63, 3.8) is 0 Å². The highest BCUT2D eigenvalue weighted by Gasteiger charge is 2.48. The van der Waals surface area contributed by atoms with Crippen molar-refractivity contribution < 1.29 is 38.1 Å². The number of carbonyl (C=O) groups is 4. The quantitative estimate of drug-likeness (QED) is 0.293. The third-order valence-corrected chi connectivity index (χ3v) is 8.70. The van der Waals surface area contributed by atoms with E-state index in [1.54, 1.807) is 38.1 Å². The summed E-state index contributed by atoms with van der Waals surface area (Å²) >= 11 is 6.32. The number of nitrogens with one attached hydrogen (secondary N) is 2. The van der Waals surface area contributed by atoms with Crippen LogP contribution in [0.15, 0.2) is 60.7 Å². The molecule has 2 aliphatic rings. The van der Waals surface area contributed by atoms with Crippen molar-refractivity contribution in [1.82, 2.24) is 10.6 Å². The lowest BCUT2D eigenvalue weighted by atomic mass is 9.92. The minimum atomic E-state index is -1.20. The minimum absolute atomic E-state index is 0.0228. The van der Waals surface area contributed by atoms with Gasteiger partial charge in [0.25, 0.3) is 0 Å². The van der Waals surface area contributed by atoms with E-state index in [0.29, 0.717) is 16.3 Å². The lowest BCUT2D eigenvalue weighted by molar-refractivity contribution is -0.179. The Labute approximate surface area is 281 Å². The fourth-order valence-electron chi connectivity index (χ4n) is 5.46. The molecule has 47 heavy (non-hydrogen) atoms. The first-order valence-corrected chi connectivity index (χ1v) is 16.4. The zero-order valence-electron chi connectivity index (χ0n) is 27.8. The SMILES string of the molecule is COc1ccc(CC2NC(=O)/C=C/CC([C@H](C)[C@@H]3O[C@H]3c3ccccc3)OC(=O)[C@H](CC(C)C)OC(=O)C(C)(C)CNC2=O)cc1Cl. The summed E-state index contributed by atoms with van der Waals surface area (Å²) in [5, 5.41) is 5.91. The Morgan fingerprint density at radius 3 is 2.40 bits per heavy atom. The molecule has 0 saturated carbocycles. The summed E-state index contributed by atoms with van der Waals surface area (Å²) < 4.78 is 23.1. The molecule has 2 amide bonds. The average Bonchev–Trinajstić information content (AvgIpc) is 3.83. The van der Waals surface area contributed by atoms with Crippen LogP contribution in [0.2, 0.25) is 5.02 Å². The maximum atomic E-state index is 13.6. The van der Waals surface area contributed by atoms with Crippen LogP contribution in [0, 0.1) is 17.3 Å². The predicted octanol–water partition coefficient (Wildman–Crippen LogP) is 5.12. The molecule has 1 fully saturated rings. The maximum absolute atomic E-state index is 13.6. The van der Waals surface area contributed by atoms with Gasteiger partial charge >= 0.3 is 11.9 Å². The molecule has 0 spiro atoms.